The van der Waals surface area contributed by atoms with Crippen LogP contribution in [0.2, 0.25) is 0 Å². The van der Waals surface area contributed by atoms with Crippen LogP contribution < -0.4 is 10.5 Å². The van der Waals surface area contributed by atoms with Crippen LogP contribution in [0.5, 0.6) is 0 Å². The second-order valence-corrected chi connectivity index (χ2v) is 6.23. The number of nitrogens with zero attached hydrogens (tertiary/aromatic N) is 3. The van der Waals surface area contributed by atoms with Gasteiger partial charge in [0, 0.05) is 17.6 Å². The Labute approximate surface area is 111 Å². The molecular weight excluding hydrogens is 290 g/mol. The van der Waals surface area contributed by atoms with Gasteiger partial charge in [0.15, 0.2) is 15.8 Å². The van der Waals surface area contributed by atoms with Crippen molar-refractivity contribution in [3.63, 3.8) is 0 Å². The van der Waals surface area contributed by atoms with Crippen LogP contribution in [0.25, 0.3) is 4.96 Å². The van der Waals surface area contributed by atoms with Crippen molar-refractivity contribution in [2.75, 3.05) is 5.73 Å². The maximum atomic E-state index is 12.2. The van der Waals surface area contributed by atoms with Crippen LogP contribution in [0.15, 0.2) is 33.5 Å². The SMILES string of the molecule is Nc1nc2sccn2c1S(=O)(=O)NCc1ccon1. The van der Waals surface area contributed by atoms with Crippen molar-refractivity contribution in [3.8, 4) is 0 Å². The first-order chi connectivity index (χ1) is 9.08. The van der Waals surface area contributed by atoms with E-state index >= 15 is 0 Å². The number of sulfonamides is 1. The van der Waals surface area contributed by atoms with Crippen LogP contribution in [0.4, 0.5) is 5.82 Å². The van der Waals surface area contributed by atoms with Crippen LogP contribution in [0, 0.1) is 0 Å². The van der Waals surface area contributed by atoms with Crippen molar-refractivity contribution in [3.05, 3.63) is 29.6 Å². The Bertz CT molecular complexity index is 802. The van der Waals surface area contributed by atoms with Gasteiger partial charge in [-0.25, -0.2) is 18.1 Å². The molecule has 8 nitrogen and oxygen atoms in total. The molecule has 0 spiro atoms. The molecule has 0 amide bonds. The maximum absolute atomic E-state index is 12.2. The molecule has 10 heteroatoms. The number of nitrogens with two attached hydrogens (primary N) is 1. The Morgan fingerprint density at radius 2 is 2.37 bits per heavy atom. The highest BCUT2D eigenvalue weighted by Crippen LogP contribution is 2.23. The summed E-state index contributed by atoms with van der Waals surface area (Å²) in [6.07, 6.45) is 2.97. The molecule has 0 aliphatic carbocycles. The monoisotopic (exact) mass is 299 g/mol. The minimum Gasteiger partial charge on any atom is -0.381 e. The lowest BCUT2D eigenvalue weighted by Gasteiger charge is -2.04. The number of imidazole rings is 1. The number of fused-ring (bicyclic) bond motifs is 1. The molecule has 3 heterocycles. The number of hydrogen-bond donors (Lipinski definition) is 2. The standard InChI is InChI=1S/C9H9N5O3S2/c10-7-8(14-2-4-18-9(14)12-7)19(15,16)11-5-6-1-3-17-13-6/h1-4,11H,5,10H2. The largest absolute Gasteiger partial charge is 0.381 e. The van der Waals surface area contributed by atoms with Crippen molar-refractivity contribution in [1.82, 2.24) is 19.3 Å². The Morgan fingerprint density at radius 3 is 3.11 bits per heavy atom. The molecule has 0 bridgehead atoms. The topological polar surface area (TPSA) is 116 Å². The molecule has 3 rings (SSSR count). The minimum atomic E-state index is -3.77. The Balaban J connectivity index is 1.95. The Morgan fingerprint density at radius 1 is 1.53 bits per heavy atom. The number of aromatic nitrogens is 3. The summed E-state index contributed by atoms with van der Waals surface area (Å²) in [5.41, 5.74) is 6.13. The number of nitrogen functional groups attached to an aromatic ring is 1. The van der Waals surface area contributed by atoms with E-state index in [1.165, 1.54) is 22.0 Å². The highest BCUT2D eigenvalue weighted by atomic mass is 32.2. The van der Waals surface area contributed by atoms with Crippen molar-refractivity contribution < 1.29 is 12.9 Å². The van der Waals surface area contributed by atoms with Gasteiger partial charge in [-0.3, -0.25) is 4.40 Å². The van der Waals surface area contributed by atoms with Crippen LogP contribution >= 0.6 is 11.3 Å². The van der Waals surface area contributed by atoms with E-state index in [9.17, 15) is 8.42 Å². The molecule has 19 heavy (non-hydrogen) atoms. The summed E-state index contributed by atoms with van der Waals surface area (Å²) < 4.78 is 32.9. The minimum absolute atomic E-state index is 0.0235. The third kappa shape index (κ3) is 2.09. The molecule has 0 radical (unpaired) electrons. The van der Waals surface area contributed by atoms with E-state index in [0.717, 1.165) is 0 Å². The second-order valence-electron chi connectivity index (χ2n) is 3.67. The normalized spacial score (nSPS) is 12.2. The van der Waals surface area contributed by atoms with Crippen molar-refractivity contribution >= 4 is 32.1 Å². The maximum Gasteiger partial charge on any atom is 0.260 e. The summed E-state index contributed by atoms with van der Waals surface area (Å²) in [5, 5.41) is 5.29. The van der Waals surface area contributed by atoms with Gasteiger partial charge in [0.2, 0.25) is 0 Å². The van der Waals surface area contributed by atoms with Gasteiger partial charge < -0.3 is 10.3 Å². The summed E-state index contributed by atoms with van der Waals surface area (Å²) in [5.74, 6) is -0.0282. The van der Waals surface area contributed by atoms with Gasteiger partial charge in [-0.1, -0.05) is 5.16 Å². The van der Waals surface area contributed by atoms with E-state index in [1.54, 1.807) is 17.6 Å². The van der Waals surface area contributed by atoms with E-state index in [4.69, 9.17) is 5.73 Å². The van der Waals surface area contributed by atoms with Crippen molar-refractivity contribution in [1.29, 1.82) is 0 Å². The fourth-order valence-corrected chi connectivity index (χ4v) is 3.60. The average molecular weight is 299 g/mol. The highest BCUT2D eigenvalue weighted by Gasteiger charge is 2.24. The molecule has 0 fully saturated rings. The summed E-state index contributed by atoms with van der Waals surface area (Å²) in [6.45, 7) is 0.0235. The number of anilines is 1. The molecular formula is C9H9N5O3S2. The number of thiazole rings is 1. The van der Waals surface area contributed by atoms with E-state index in [0.29, 0.717) is 10.7 Å². The van der Waals surface area contributed by atoms with Crippen LogP contribution in [-0.2, 0) is 16.6 Å². The first kappa shape index (κ1) is 12.1. The van der Waals surface area contributed by atoms with Gasteiger partial charge in [-0.15, -0.1) is 11.3 Å². The molecule has 3 aromatic heterocycles. The smallest absolute Gasteiger partial charge is 0.260 e. The van der Waals surface area contributed by atoms with Gasteiger partial charge in [0.05, 0.1) is 12.2 Å². The fourth-order valence-electron chi connectivity index (χ4n) is 1.61. The van der Waals surface area contributed by atoms with Crippen molar-refractivity contribution in [2.45, 2.75) is 11.6 Å². The quantitative estimate of drug-likeness (QED) is 0.722. The lowest BCUT2D eigenvalue weighted by molar-refractivity contribution is 0.411. The highest BCUT2D eigenvalue weighted by molar-refractivity contribution is 7.89. The molecule has 0 atom stereocenters. The van der Waals surface area contributed by atoms with Gasteiger partial charge in [-0.2, -0.15) is 0 Å². The lowest BCUT2D eigenvalue weighted by Crippen LogP contribution is -2.25. The summed E-state index contributed by atoms with van der Waals surface area (Å²) >= 11 is 1.31. The molecule has 0 aliphatic heterocycles. The van der Waals surface area contributed by atoms with E-state index in [1.807, 2.05) is 0 Å². The zero-order chi connectivity index (χ0) is 13.5. The molecule has 0 saturated carbocycles. The molecule has 3 N–H and O–H groups in total. The summed E-state index contributed by atoms with van der Waals surface area (Å²) in [6, 6.07) is 1.57. The Hall–Kier alpha value is -1.91. The third-order valence-electron chi connectivity index (χ3n) is 2.43. The molecule has 3 aromatic rings. The van der Waals surface area contributed by atoms with E-state index < -0.39 is 10.0 Å². The zero-order valence-electron chi connectivity index (χ0n) is 9.48. The molecule has 0 aliphatic rings. The third-order valence-corrected chi connectivity index (χ3v) is 4.63. The van der Waals surface area contributed by atoms with Crippen LogP contribution in [0.1, 0.15) is 5.69 Å². The molecule has 0 aromatic carbocycles. The van der Waals surface area contributed by atoms with Crippen LogP contribution in [-0.4, -0.2) is 23.0 Å². The number of rotatable bonds is 4. The lowest BCUT2D eigenvalue weighted by atomic mass is 10.5. The fraction of sp³-hybridized carbons (Fsp3) is 0.111. The van der Waals surface area contributed by atoms with Gasteiger partial charge in [0.1, 0.15) is 6.26 Å². The first-order valence-corrected chi connectivity index (χ1v) is 7.54. The van der Waals surface area contributed by atoms with Crippen LogP contribution in [0.3, 0.4) is 0 Å². The Kier molecular flexibility index (Phi) is 2.77. The van der Waals surface area contributed by atoms with Gasteiger partial charge in [-0.05, 0) is 0 Å². The molecule has 0 unspecified atom stereocenters. The summed E-state index contributed by atoms with van der Waals surface area (Å²) in [4.78, 5) is 4.52. The number of hydrogen-bond acceptors (Lipinski definition) is 7. The molecule has 100 valence electrons. The zero-order valence-corrected chi connectivity index (χ0v) is 11.1. The predicted octanol–water partition coefficient (Wildman–Crippen LogP) is 0.444. The van der Waals surface area contributed by atoms with Gasteiger partial charge in [0.25, 0.3) is 10.0 Å². The van der Waals surface area contributed by atoms with E-state index in [2.05, 4.69) is 19.4 Å². The average Bonchev–Trinajstić information content (AvgIpc) is 3.01. The number of nitrogens with one attached hydrogen (secondary N) is 1. The predicted molar refractivity (Wildman–Crippen MR) is 68.0 cm³/mol. The molecule has 0 saturated heterocycles. The second kappa shape index (κ2) is 4.33. The first-order valence-electron chi connectivity index (χ1n) is 5.18. The van der Waals surface area contributed by atoms with Gasteiger partial charge >= 0.3 is 0 Å². The summed E-state index contributed by atoms with van der Waals surface area (Å²) in [7, 11) is -3.77. The van der Waals surface area contributed by atoms with Crippen molar-refractivity contribution in [2.24, 2.45) is 0 Å². The van der Waals surface area contributed by atoms with E-state index in [-0.39, 0.29) is 17.4 Å².